The normalized spacial score (nSPS) is 10.8. The van der Waals surface area contributed by atoms with Crippen LogP contribution in [0.1, 0.15) is 5.01 Å². The summed E-state index contributed by atoms with van der Waals surface area (Å²) >= 11 is 13.6. The van der Waals surface area contributed by atoms with Crippen LogP contribution in [-0.2, 0) is 6.42 Å². The highest BCUT2D eigenvalue weighted by Crippen LogP contribution is 2.34. The quantitative estimate of drug-likeness (QED) is 0.938. The van der Waals surface area contributed by atoms with Gasteiger partial charge in [0.25, 0.3) is 0 Å². The van der Waals surface area contributed by atoms with Gasteiger partial charge in [-0.1, -0.05) is 46.7 Å². The molecule has 0 saturated carbocycles. The molecule has 0 fully saturated rings. The molecule has 0 aliphatic heterocycles. The number of benzene rings is 1. The molecular formula is C11H11Cl2N3S. The third kappa shape index (κ3) is 2.96. The first-order chi connectivity index (χ1) is 8.22. The van der Waals surface area contributed by atoms with E-state index in [-0.39, 0.29) is 0 Å². The summed E-state index contributed by atoms with van der Waals surface area (Å²) in [5, 5.41) is 14.2. The van der Waals surface area contributed by atoms with Crippen LogP contribution in [0.2, 0.25) is 10.0 Å². The van der Waals surface area contributed by atoms with Crippen LogP contribution < -0.4 is 5.32 Å². The largest absolute Gasteiger partial charge is 0.319 e. The van der Waals surface area contributed by atoms with Crippen LogP contribution in [0.4, 0.5) is 0 Å². The molecule has 2 rings (SSSR count). The fourth-order valence-electron chi connectivity index (χ4n) is 1.36. The molecule has 0 bridgehead atoms. The van der Waals surface area contributed by atoms with E-state index in [0.717, 1.165) is 28.5 Å². The summed E-state index contributed by atoms with van der Waals surface area (Å²) in [5.74, 6) is 0. The Morgan fingerprint density at radius 2 is 2.12 bits per heavy atom. The molecule has 0 spiro atoms. The molecular weight excluding hydrogens is 277 g/mol. The first kappa shape index (κ1) is 12.8. The van der Waals surface area contributed by atoms with Crippen LogP contribution >= 0.6 is 34.5 Å². The Morgan fingerprint density at radius 1 is 1.29 bits per heavy atom. The molecule has 17 heavy (non-hydrogen) atoms. The Morgan fingerprint density at radius 3 is 2.88 bits per heavy atom. The molecule has 0 atom stereocenters. The molecule has 1 heterocycles. The lowest BCUT2D eigenvalue weighted by atomic mass is 10.2. The van der Waals surface area contributed by atoms with E-state index >= 15 is 0 Å². The second-order valence-corrected chi connectivity index (χ2v) is 5.30. The number of rotatable bonds is 4. The van der Waals surface area contributed by atoms with E-state index in [4.69, 9.17) is 23.2 Å². The molecule has 90 valence electrons. The summed E-state index contributed by atoms with van der Waals surface area (Å²) in [7, 11) is 1.91. The van der Waals surface area contributed by atoms with Gasteiger partial charge in [0.2, 0.25) is 0 Å². The maximum atomic E-state index is 6.14. The number of aromatic nitrogens is 2. The Labute approximate surface area is 114 Å². The molecule has 0 saturated heterocycles. The van der Waals surface area contributed by atoms with Crippen LogP contribution in [0.25, 0.3) is 10.6 Å². The van der Waals surface area contributed by atoms with Crippen molar-refractivity contribution in [2.24, 2.45) is 0 Å². The van der Waals surface area contributed by atoms with E-state index in [9.17, 15) is 0 Å². The van der Waals surface area contributed by atoms with E-state index in [1.807, 2.05) is 19.2 Å². The Bertz CT molecular complexity index is 513. The van der Waals surface area contributed by atoms with Crippen molar-refractivity contribution in [3.63, 3.8) is 0 Å². The SMILES string of the molecule is CNCCc1nnc(-c2cccc(Cl)c2Cl)s1. The van der Waals surface area contributed by atoms with Crippen LogP contribution in [0.15, 0.2) is 18.2 Å². The standard InChI is InChI=1S/C11H11Cl2N3S/c1-14-6-5-9-15-16-11(17-9)7-3-2-4-8(12)10(7)13/h2-4,14H,5-6H2,1H3. The topological polar surface area (TPSA) is 37.8 Å². The van der Waals surface area contributed by atoms with Gasteiger partial charge in [-0.2, -0.15) is 0 Å². The average molecular weight is 288 g/mol. The number of likely N-dealkylation sites (N-methyl/N-ethyl adjacent to an activating group) is 1. The lowest BCUT2D eigenvalue weighted by Gasteiger charge is -2.00. The van der Waals surface area contributed by atoms with Crippen LogP contribution in [0, 0.1) is 0 Å². The summed E-state index contributed by atoms with van der Waals surface area (Å²) in [4.78, 5) is 0. The molecule has 1 N–H and O–H groups in total. The summed E-state index contributed by atoms with van der Waals surface area (Å²) in [6, 6.07) is 5.52. The highest BCUT2D eigenvalue weighted by Gasteiger charge is 2.11. The summed E-state index contributed by atoms with van der Waals surface area (Å²) in [6.45, 7) is 0.887. The Hall–Kier alpha value is -0.680. The second kappa shape index (κ2) is 5.78. The Balaban J connectivity index is 2.27. The van der Waals surface area contributed by atoms with Gasteiger partial charge in [0.15, 0.2) is 0 Å². The molecule has 0 aliphatic rings. The second-order valence-electron chi connectivity index (χ2n) is 3.46. The van der Waals surface area contributed by atoms with Crippen molar-refractivity contribution in [1.29, 1.82) is 0 Å². The number of hydrogen-bond donors (Lipinski definition) is 1. The fourth-order valence-corrected chi connectivity index (χ4v) is 2.68. The van der Waals surface area contributed by atoms with Crippen molar-refractivity contribution < 1.29 is 0 Å². The molecule has 1 aromatic heterocycles. The van der Waals surface area contributed by atoms with E-state index in [2.05, 4.69) is 15.5 Å². The third-order valence-electron chi connectivity index (χ3n) is 2.24. The van der Waals surface area contributed by atoms with Gasteiger partial charge in [0.1, 0.15) is 10.0 Å². The maximum absolute atomic E-state index is 6.14. The fraction of sp³-hybridized carbons (Fsp3) is 0.273. The third-order valence-corrected chi connectivity index (χ3v) is 4.07. The van der Waals surface area contributed by atoms with E-state index in [1.54, 1.807) is 17.4 Å². The van der Waals surface area contributed by atoms with Crippen molar-refractivity contribution in [3.8, 4) is 10.6 Å². The van der Waals surface area contributed by atoms with Crippen molar-refractivity contribution in [2.75, 3.05) is 13.6 Å². The highest BCUT2D eigenvalue weighted by atomic mass is 35.5. The number of nitrogens with one attached hydrogen (secondary N) is 1. The zero-order chi connectivity index (χ0) is 12.3. The van der Waals surface area contributed by atoms with Gasteiger partial charge in [-0.25, -0.2) is 0 Å². The average Bonchev–Trinajstić information content (AvgIpc) is 2.78. The van der Waals surface area contributed by atoms with Crippen molar-refractivity contribution in [1.82, 2.24) is 15.5 Å². The van der Waals surface area contributed by atoms with Gasteiger partial charge in [0, 0.05) is 18.5 Å². The maximum Gasteiger partial charge on any atom is 0.149 e. The van der Waals surface area contributed by atoms with E-state index < -0.39 is 0 Å². The first-order valence-electron chi connectivity index (χ1n) is 5.13. The smallest absolute Gasteiger partial charge is 0.149 e. The first-order valence-corrected chi connectivity index (χ1v) is 6.71. The molecule has 1 aromatic carbocycles. The summed E-state index contributed by atoms with van der Waals surface area (Å²) in [6.07, 6.45) is 0.867. The van der Waals surface area contributed by atoms with Crippen LogP contribution in [-0.4, -0.2) is 23.8 Å². The minimum absolute atomic E-state index is 0.533. The summed E-state index contributed by atoms with van der Waals surface area (Å²) in [5.41, 5.74) is 0.840. The molecule has 6 heteroatoms. The number of hydrogen-bond acceptors (Lipinski definition) is 4. The van der Waals surface area contributed by atoms with Gasteiger partial charge >= 0.3 is 0 Å². The summed E-state index contributed by atoms with van der Waals surface area (Å²) < 4.78 is 0. The predicted octanol–water partition coefficient (Wildman–Crippen LogP) is 3.27. The zero-order valence-corrected chi connectivity index (χ0v) is 11.5. The molecule has 2 aromatic rings. The van der Waals surface area contributed by atoms with Gasteiger partial charge in [0.05, 0.1) is 10.0 Å². The molecule has 0 aliphatic carbocycles. The molecule has 3 nitrogen and oxygen atoms in total. The lowest BCUT2D eigenvalue weighted by molar-refractivity contribution is 0.779. The lowest BCUT2D eigenvalue weighted by Crippen LogP contribution is -2.09. The zero-order valence-electron chi connectivity index (χ0n) is 9.20. The predicted molar refractivity (Wildman–Crippen MR) is 73.0 cm³/mol. The molecule has 0 amide bonds. The van der Waals surface area contributed by atoms with Crippen molar-refractivity contribution in [3.05, 3.63) is 33.3 Å². The molecule has 0 unspecified atom stereocenters. The minimum Gasteiger partial charge on any atom is -0.319 e. The molecule has 0 radical (unpaired) electrons. The van der Waals surface area contributed by atoms with Crippen molar-refractivity contribution in [2.45, 2.75) is 6.42 Å². The Kier molecular flexibility index (Phi) is 4.34. The monoisotopic (exact) mass is 287 g/mol. The van der Waals surface area contributed by atoms with Crippen LogP contribution in [0.3, 0.4) is 0 Å². The highest BCUT2D eigenvalue weighted by molar-refractivity contribution is 7.14. The van der Waals surface area contributed by atoms with Gasteiger partial charge < -0.3 is 5.32 Å². The number of nitrogens with zero attached hydrogens (tertiary/aromatic N) is 2. The van der Waals surface area contributed by atoms with E-state index in [0.29, 0.717) is 10.0 Å². The van der Waals surface area contributed by atoms with Gasteiger partial charge in [-0.15, -0.1) is 10.2 Å². The van der Waals surface area contributed by atoms with E-state index in [1.165, 1.54) is 0 Å². The number of halogens is 2. The van der Waals surface area contributed by atoms with Crippen LogP contribution in [0.5, 0.6) is 0 Å². The van der Waals surface area contributed by atoms with Crippen molar-refractivity contribution >= 4 is 34.5 Å². The van der Waals surface area contributed by atoms with Gasteiger partial charge in [-0.3, -0.25) is 0 Å². The minimum atomic E-state index is 0.533. The van der Waals surface area contributed by atoms with Gasteiger partial charge in [-0.05, 0) is 13.1 Å².